The standard InChI is InChI=1S/C51H36F6OP2/c52-39-9-21-45(22-10-39)59(46-23-11-40(53)12-24-46,47-25-13-41(54)14-26-47)33-35-1-5-37(6-2-35)51(58)38-7-3-36(4-8-38)34-60(48-27-15-42(55)16-28-48,49-29-17-43(56)18-30-49)50-31-19-44(57)20-32-50/h1-32H,33-34H2/q+2. The van der Waals surface area contributed by atoms with Gasteiger partial charge in [0.05, 0.1) is 12.3 Å². The maximum absolute atomic E-state index is 14.3. The van der Waals surface area contributed by atoms with Gasteiger partial charge < -0.3 is 0 Å². The lowest BCUT2D eigenvalue weighted by Gasteiger charge is -2.28. The largest absolute Gasteiger partial charge is 0.289 e. The van der Waals surface area contributed by atoms with Crippen molar-refractivity contribution >= 4 is 52.1 Å². The maximum Gasteiger partial charge on any atom is 0.193 e. The summed E-state index contributed by atoms with van der Waals surface area (Å²) in [5.41, 5.74) is 2.64. The molecule has 0 aliphatic heterocycles. The van der Waals surface area contributed by atoms with Crippen LogP contribution in [0.1, 0.15) is 27.0 Å². The van der Waals surface area contributed by atoms with E-state index in [0.29, 0.717) is 23.5 Å². The zero-order valence-corrected chi connectivity index (χ0v) is 33.7. The molecule has 0 saturated heterocycles. The summed E-state index contributed by atoms with van der Waals surface area (Å²) >= 11 is 0. The highest BCUT2D eigenvalue weighted by Gasteiger charge is 2.47. The van der Waals surface area contributed by atoms with Crippen LogP contribution < -0.4 is 31.8 Å². The van der Waals surface area contributed by atoms with Crippen LogP contribution in [-0.4, -0.2) is 5.78 Å². The molecule has 0 saturated carbocycles. The van der Waals surface area contributed by atoms with E-state index in [4.69, 9.17) is 0 Å². The Morgan fingerprint density at radius 3 is 0.650 bits per heavy atom. The number of halogens is 6. The lowest BCUT2D eigenvalue weighted by atomic mass is 10.0. The third-order valence-corrected chi connectivity index (χ3v) is 19.6. The average Bonchev–Trinajstić information content (AvgIpc) is 3.27. The molecule has 60 heavy (non-hydrogen) atoms. The van der Waals surface area contributed by atoms with Crippen molar-refractivity contribution in [3.8, 4) is 0 Å². The van der Waals surface area contributed by atoms with Crippen molar-refractivity contribution in [1.29, 1.82) is 0 Å². The molecule has 0 aliphatic carbocycles. The first-order valence-electron chi connectivity index (χ1n) is 19.1. The molecule has 8 aromatic carbocycles. The predicted octanol–water partition coefficient (Wildman–Crippen LogP) is 10.7. The summed E-state index contributed by atoms with van der Waals surface area (Å²) < 4.78 is 85.6. The van der Waals surface area contributed by atoms with E-state index in [2.05, 4.69) is 0 Å². The van der Waals surface area contributed by atoms with Crippen LogP contribution in [0.5, 0.6) is 0 Å². The number of benzene rings is 8. The van der Waals surface area contributed by atoms with Crippen molar-refractivity contribution in [2.45, 2.75) is 12.3 Å². The van der Waals surface area contributed by atoms with Crippen molar-refractivity contribution in [2.24, 2.45) is 0 Å². The van der Waals surface area contributed by atoms with Crippen LogP contribution in [0.4, 0.5) is 26.3 Å². The van der Waals surface area contributed by atoms with Crippen LogP contribution in [0.3, 0.4) is 0 Å². The average molecular weight is 841 g/mol. The highest BCUT2D eigenvalue weighted by atomic mass is 31.2. The van der Waals surface area contributed by atoms with Crippen molar-refractivity contribution in [2.75, 3.05) is 0 Å². The van der Waals surface area contributed by atoms with Gasteiger partial charge in [-0.05, 0) is 157 Å². The first kappa shape index (κ1) is 40.6. The van der Waals surface area contributed by atoms with Crippen molar-refractivity contribution in [3.63, 3.8) is 0 Å². The van der Waals surface area contributed by atoms with Crippen LogP contribution >= 0.6 is 14.5 Å². The van der Waals surface area contributed by atoms with Gasteiger partial charge in [-0.25, -0.2) is 26.3 Å². The molecule has 0 atom stereocenters. The predicted molar refractivity (Wildman–Crippen MR) is 234 cm³/mol. The van der Waals surface area contributed by atoms with Gasteiger partial charge >= 0.3 is 0 Å². The number of carbonyl (C=O) groups excluding carboxylic acids is 1. The van der Waals surface area contributed by atoms with Gasteiger partial charge in [0.25, 0.3) is 0 Å². The fourth-order valence-corrected chi connectivity index (χ4v) is 16.2. The second kappa shape index (κ2) is 17.2. The zero-order valence-electron chi connectivity index (χ0n) is 32.0. The fourth-order valence-electron chi connectivity index (χ4n) is 7.85. The number of rotatable bonds is 12. The summed E-state index contributed by atoms with van der Waals surface area (Å²) in [4.78, 5) is 14.0. The third-order valence-electron chi connectivity index (χ3n) is 10.9. The van der Waals surface area contributed by atoms with E-state index in [9.17, 15) is 31.1 Å². The van der Waals surface area contributed by atoms with Crippen LogP contribution in [0, 0.1) is 34.9 Å². The summed E-state index contributed by atoms with van der Waals surface area (Å²) in [5, 5.41) is 4.96. The molecule has 0 radical (unpaired) electrons. The Morgan fingerprint density at radius 2 is 0.467 bits per heavy atom. The Hall–Kier alpha value is -6.13. The highest BCUT2D eigenvalue weighted by molar-refractivity contribution is 7.95. The SMILES string of the molecule is O=C(c1ccc(C[P+](c2ccc(F)cc2)(c2ccc(F)cc2)c2ccc(F)cc2)cc1)c1ccc(C[P+](c2ccc(F)cc2)(c2ccc(F)cc2)c2ccc(F)cc2)cc1. The molecule has 0 aromatic heterocycles. The van der Waals surface area contributed by atoms with Crippen molar-refractivity contribution in [1.82, 2.24) is 0 Å². The Bertz CT molecular complexity index is 2310. The Morgan fingerprint density at radius 1 is 0.283 bits per heavy atom. The molecule has 0 spiro atoms. The van der Waals surface area contributed by atoms with E-state index in [0.717, 1.165) is 43.0 Å². The smallest absolute Gasteiger partial charge is 0.193 e. The van der Waals surface area contributed by atoms with Crippen LogP contribution in [0.15, 0.2) is 194 Å². The minimum Gasteiger partial charge on any atom is -0.289 e. The molecular formula is C51H36F6OP2+2. The van der Waals surface area contributed by atoms with Crippen LogP contribution in [-0.2, 0) is 12.3 Å². The molecule has 0 N–H and O–H groups in total. The number of ketones is 1. The van der Waals surface area contributed by atoms with Gasteiger partial charge in [-0.15, -0.1) is 0 Å². The van der Waals surface area contributed by atoms with E-state index in [1.807, 2.05) is 24.3 Å². The first-order valence-corrected chi connectivity index (χ1v) is 23.0. The summed E-state index contributed by atoms with van der Waals surface area (Å²) in [6, 6.07) is 51.9. The van der Waals surface area contributed by atoms with Gasteiger partial charge in [-0.2, -0.15) is 0 Å². The van der Waals surface area contributed by atoms with Gasteiger partial charge in [-0.3, -0.25) is 4.79 Å². The molecule has 8 rings (SSSR count). The lowest BCUT2D eigenvalue weighted by Crippen LogP contribution is -2.32. The molecule has 9 heteroatoms. The monoisotopic (exact) mass is 840 g/mol. The summed E-state index contributed by atoms with van der Waals surface area (Å²) in [6.07, 6.45) is 0.861. The van der Waals surface area contributed by atoms with E-state index in [-0.39, 0.29) is 5.78 Å². The fraction of sp³-hybridized carbons (Fsp3) is 0.0392. The number of hydrogen-bond acceptors (Lipinski definition) is 1. The second-order valence-electron chi connectivity index (χ2n) is 14.5. The maximum atomic E-state index is 14.3. The highest BCUT2D eigenvalue weighted by Crippen LogP contribution is 2.59. The van der Waals surface area contributed by atoms with Crippen LogP contribution in [0.2, 0.25) is 0 Å². The first-order chi connectivity index (χ1) is 29.0. The Labute approximate surface area is 345 Å². The molecule has 0 bridgehead atoms. The van der Waals surface area contributed by atoms with E-state index in [1.54, 1.807) is 97.1 Å². The minimum atomic E-state index is -2.67. The molecule has 0 fully saturated rings. The minimum absolute atomic E-state index is 0.207. The second-order valence-corrected chi connectivity index (χ2v) is 21.5. The molecule has 0 unspecified atom stereocenters. The third kappa shape index (κ3) is 8.21. The topological polar surface area (TPSA) is 17.1 Å². The summed E-state index contributed by atoms with van der Waals surface area (Å²) in [6.45, 7) is 0. The van der Waals surface area contributed by atoms with E-state index < -0.39 is 49.4 Å². The molecular weight excluding hydrogens is 804 g/mol. The van der Waals surface area contributed by atoms with Gasteiger partial charge in [0.2, 0.25) is 0 Å². The van der Waals surface area contributed by atoms with Crippen LogP contribution in [0.25, 0.3) is 0 Å². The Kier molecular flexibility index (Phi) is 11.7. The number of hydrogen-bond donors (Lipinski definition) is 0. The van der Waals surface area contributed by atoms with Gasteiger partial charge in [-0.1, -0.05) is 48.5 Å². The zero-order chi connectivity index (χ0) is 41.9. The molecule has 8 aromatic rings. The summed E-state index contributed by atoms with van der Waals surface area (Å²) in [5.74, 6) is -2.62. The van der Waals surface area contributed by atoms with Crippen molar-refractivity contribution < 1.29 is 31.1 Å². The molecule has 0 heterocycles. The van der Waals surface area contributed by atoms with E-state index in [1.165, 1.54) is 72.8 Å². The molecule has 0 aliphatic rings. The Balaban J connectivity index is 1.12. The molecule has 296 valence electrons. The van der Waals surface area contributed by atoms with Gasteiger partial charge in [0.15, 0.2) is 5.78 Å². The van der Waals surface area contributed by atoms with Gasteiger partial charge in [0, 0.05) is 11.1 Å². The van der Waals surface area contributed by atoms with E-state index >= 15 is 0 Å². The van der Waals surface area contributed by atoms with Crippen molar-refractivity contribution in [3.05, 3.63) is 251 Å². The quantitative estimate of drug-likeness (QED) is 0.0681. The molecule has 1 nitrogen and oxygen atoms in total. The lowest BCUT2D eigenvalue weighted by molar-refractivity contribution is 0.103. The number of carbonyl (C=O) groups is 1. The normalized spacial score (nSPS) is 11.7. The summed E-state index contributed by atoms with van der Waals surface area (Å²) in [7, 11) is -5.33. The molecule has 0 amide bonds. The van der Waals surface area contributed by atoms with Gasteiger partial charge in [0.1, 0.15) is 81.3 Å².